The number of anilines is 3. The number of nitrogens with two attached hydrogens (primary N) is 1. The minimum atomic E-state index is 0.333. The van der Waals surface area contributed by atoms with Crippen molar-refractivity contribution in [3.8, 4) is 11.4 Å². The lowest BCUT2D eigenvalue weighted by molar-refractivity contribution is 0.340. The maximum absolute atomic E-state index is 5.92. The molecule has 3 aromatic rings. The molecule has 0 spiro atoms. The van der Waals surface area contributed by atoms with Crippen LogP contribution in [0.3, 0.4) is 0 Å². The molecule has 0 radical (unpaired) electrons. The molecule has 3 N–H and O–H groups in total. The van der Waals surface area contributed by atoms with Crippen molar-refractivity contribution in [2.24, 2.45) is 0 Å². The van der Waals surface area contributed by atoms with Gasteiger partial charge in [0.1, 0.15) is 5.75 Å². The van der Waals surface area contributed by atoms with E-state index in [9.17, 15) is 0 Å². The number of nitrogens with zero attached hydrogens (tertiary/aromatic N) is 3. The molecular weight excluding hydrogens is 278 g/mol. The molecule has 0 amide bonds. The molecule has 6 nitrogen and oxygen atoms in total. The van der Waals surface area contributed by atoms with E-state index in [2.05, 4.69) is 15.4 Å². The number of rotatable bonds is 5. The molecule has 0 saturated heterocycles. The first kappa shape index (κ1) is 13.9. The quantitative estimate of drug-likeness (QED) is 0.756. The Morgan fingerprint density at radius 3 is 2.50 bits per heavy atom. The molecule has 0 aliphatic heterocycles. The van der Waals surface area contributed by atoms with Crippen LogP contribution in [0.25, 0.3) is 5.69 Å². The lowest BCUT2D eigenvalue weighted by atomic mass is 10.3. The van der Waals surface area contributed by atoms with Crippen molar-refractivity contribution >= 4 is 17.6 Å². The average Bonchev–Trinajstić information content (AvgIpc) is 2.91. The second-order valence-corrected chi connectivity index (χ2v) is 4.62. The minimum Gasteiger partial charge on any atom is -0.494 e. The van der Waals surface area contributed by atoms with Crippen LogP contribution in [-0.4, -0.2) is 21.4 Å². The first-order valence-electron chi connectivity index (χ1n) is 7.04. The molecule has 0 atom stereocenters. The van der Waals surface area contributed by atoms with Crippen LogP contribution in [0.4, 0.5) is 17.6 Å². The number of nitrogen functional groups attached to an aromatic ring is 1. The summed E-state index contributed by atoms with van der Waals surface area (Å²) < 4.78 is 7.00. The van der Waals surface area contributed by atoms with E-state index in [0.717, 1.165) is 17.1 Å². The van der Waals surface area contributed by atoms with E-state index in [1.54, 1.807) is 4.68 Å². The molecule has 22 heavy (non-hydrogen) atoms. The largest absolute Gasteiger partial charge is 0.494 e. The fourth-order valence-corrected chi connectivity index (χ4v) is 2.07. The number of hydrogen-bond acceptors (Lipinski definition) is 5. The number of para-hydroxylation sites is 1. The van der Waals surface area contributed by atoms with Crippen molar-refractivity contribution in [2.45, 2.75) is 6.92 Å². The van der Waals surface area contributed by atoms with Gasteiger partial charge in [0.2, 0.25) is 11.9 Å². The summed E-state index contributed by atoms with van der Waals surface area (Å²) in [5.41, 5.74) is 7.66. The third-order valence-corrected chi connectivity index (χ3v) is 3.05. The number of hydrogen-bond donors (Lipinski definition) is 2. The van der Waals surface area contributed by atoms with Gasteiger partial charge in [0, 0.05) is 5.69 Å². The van der Waals surface area contributed by atoms with Gasteiger partial charge in [-0.25, -0.2) is 0 Å². The monoisotopic (exact) mass is 295 g/mol. The van der Waals surface area contributed by atoms with Crippen LogP contribution >= 0.6 is 0 Å². The van der Waals surface area contributed by atoms with Gasteiger partial charge in [0.15, 0.2) is 0 Å². The summed E-state index contributed by atoms with van der Waals surface area (Å²) in [7, 11) is 0. The third-order valence-electron chi connectivity index (χ3n) is 3.05. The first-order chi connectivity index (χ1) is 10.8. The molecule has 0 fully saturated rings. The van der Waals surface area contributed by atoms with Gasteiger partial charge < -0.3 is 15.8 Å². The Labute approximate surface area is 128 Å². The van der Waals surface area contributed by atoms with Gasteiger partial charge in [0.25, 0.3) is 0 Å². The molecule has 0 bridgehead atoms. The summed E-state index contributed by atoms with van der Waals surface area (Å²) in [5.74, 6) is 1.61. The van der Waals surface area contributed by atoms with E-state index in [1.807, 2.05) is 61.5 Å². The molecule has 6 heteroatoms. The highest BCUT2D eigenvalue weighted by molar-refractivity contribution is 5.56. The maximum Gasteiger partial charge on any atom is 0.248 e. The zero-order chi connectivity index (χ0) is 15.4. The van der Waals surface area contributed by atoms with Crippen molar-refractivity contribution in [3.05, 3.63) is 54.6 Å². The third kappa shape index (κ3) is 3.01. The van der Waals surface area contributed by atoms with Crippen LogP contribution in [0.5, 0.6) is 5.75 Å². The Hall–Kier alpha value is -3.02. The van der Waals surface area contributed by atoms with Crippen LogP contribution in [0.15, 0.2) is 54.6 Å². The van der Waals surface area contributed by atoms with Gasteiger partial charge in [-0.05, 0) is 43.3 Å². The number of benzene rings is 2. The summed E-state index contributed by atoms with van der Waals surface area (Å²) in [6.45, 7) is 2.60. The lowest BCUT2D eigenvalue weighted by Gasteiger charge is -2.05. The molecule has 3 rings (SSSR count). The predicted octanol–water partition coefficient (Wildman–Crippen LogP) is 2.99. The van der Waals surface area contributed by atoms with Crippen LogP contribution < -0.4 is 15.8 Å². The normalized spacial score (nSPS) is 10.4. The van der Waals surface area contributed by atoms with E-state index < -0.39 is 0 Å². The topological polar surface area (TPSA) is 78.0 Å². The first-order valence-corrected chi connectivity index (χ1v) is 7.04. The second-order valence-electron chi connectivity index (χ2n) is 4.62. The molecule has 112 valence electrons. The van der Waals surface area contributed by atoms with Crippen molar-refractivity contribution in [3.63, 3.8) is 0 Å². The highest BCUT2D eigenvalue weighted by atomic mass is 16.5. The lowest BCUT2D eigenvalue weighted by Crippen LogP contribution is -2.01. The van der Waals surface area contributed by atoms with Crippen molar-refractivity contribution in [2.75, 3.05) is 17.7 Å². The zero-order valence-corrected chi connectivity index (χ0v) is 12.2. The molecule has 0 saturated carbocycles. The fraction of sp³-hybridized carbons (Fsp3) is 0.125. The second kappa shape index (κ2) is 6.17. The van der Waals surface area contributed by atoms with Crippen molar-refractivity contribution in [1.29, 1.82) is 0 Å². The smallest absolute Gasteiger partial charge is 0.248 e. The van der Waals surface area contributed by atoms with Crippen LogP contribution in [0, 0.1) is 0 Å². The van der Waals surface area contributed by atoms with Gasteiger partial charge in [-0.15, -0.1) is 5.10 Å². The molecule has 0 aliphatic rings. The van der Waals surface area contributed by atoms with Gasteiger partial charge in [-0.1, -0.05) is 18.2 Å². The minimum absolute atomic E-state index is 0.333. The fourth-order valence-electron chi connectivity index (χ4n) is 2.07. The number of aromatic nitrogens is 3. The van der Waals surface area contributed by atoms with E-state index >= 15 is 0 Å². The molecule has 0 aliphatic carbocycles. The Morgan fingerprint density at radius 1 is 1.09 bits per heavy atom. The Balaban J connectivity index is 1.79. The van der Waals surface area contributed by atoms with Gasteiger partial charge in [-0.2, -0.15) is 9.67 Å². The van der Waals surface area contributed by atoms with Crippen molar-refractivity contribution < 1.29 is 4.74 Å². The zero-order valence-electron chi connectivity index (χ0n) is 12.2. The molecular formula is C16H17N5O. The van der Waals surface area contributed by atoms with Gasteiger partial charge in [0.05, 0.1) is 12.3 Å². The number of nitrogens with one attached hydrogen (secondary N) is 1. The van der Waals surface area contributed by atoms with E-state index in [0.29, 0.717) is 18.5 Å². The van der Waals surface area contributed by atoms with E-state index in [1.165, 1.54) is 0 Å². The summed E-state index contributed by atoms with van der Waals surface area (Å²) in [4.78, 5) is 4.23. The highest BCUT2D eigenvalue weighted by Crippen LogP contribution is 2.20. The maximum atomic E-state index is 5.92. The SMILES string of the molecule is CCOc1ccc(Nc2nc(N)n(-c3ccccc3)n2)cc1. The average molecular weight is 295 g/mol. The highest BCUT2D eigenvalue weighted by Gasteiger charge is 2.08. The summed E-state index contributed by atoms with van der Waals surface area (Å²) >= 11 is 0. The van der Waals surface area contributed by atoms with Crippen LogP contribution in [0.1, 0.15) is 6.92 Å². The molecule has 1 aromatic heterocycles. The Morgan fingerprint density at radius 2 is 1.82 bits per heavy atom. The Bertz CT molecular complexity index is 737. The molecule has 2 aromatic carbocycles. The summed E-state index contributed by atoms with van der Waals surface area (Å²) in [5, 5.41) is 7.50. The number of ether oxygens (including phenoxy) is 1. The van der Waals surface area contributed by atoms with E-state index in [4.69, 9.17) is 10.5 Å². The predicted molar refractivity (Wildman–Crippen MR) is 86.7 cm³/mol. The van der Waals surface area contributed by atoms with E-state index in [-0.39, 0.29) is 0 Å². The van der Waals surface area contributed by atoms with Gasteiger partial charge >= 0.3 is 0 Å². The van der Waals surface area contributed by atoms with Crippen molar-refractivity contribution in [1.82, 2.24) is 14.8 Å². The van der Waals surface area contributed by atoms with Gasteiger partial charge in [-0.3, -0.25) is 0 Å². The summed E-state index contributed by atoms with van der Waals surface area (Å²) in [6.07, 6.45) is 0. The Kier molecular flexibility index (Phi) is 3.91. The summed E-state index contributed by atoms with van der Waals surface area (Å²) in [6, 6.07) is 17.2. The molecule has 0 unspecified atom stereocenters. The van der Waals surface area contributed by atoms with Crippen LogP contribution in [0.2, 0.25) is 0 Å². The molecule has 1 heterocycles. The van der Waals surface area contributed by atoms with Crippen LogP contribution in [-0.2, 0) is 0 Å². The standard InChI is InChI=1S/C16H17N5O/c1-2-22-14-10-8-12(9-11-14)18-16-19-15(17)21(20-16)13-6-4-3-5-7-13/h3-11H,2H2,1H3,(H3,17,18,19,20).